The van der Waals surface area contributed by atoms with Gasteiger partial charge in [0.25, 0.3) is 0 Å². The molecule has 0 N–H and O–H groups in total. The molecule has 1 saturated heterocycles. The number of aromatic nitrogens is 2. The summed E-state index contributed by atoms with van der Waals surface area (Å²) >= 11 is 0. The predicted molar refractivity (Wildman–Crippen MR) is 153 cm³/mol. The zero-order chi connectivity index (χ0) is 26.6. The lowest BCUT2D eigenvalue weighted by atomic mass is 10.1. The Kier molecular flexibility index (Phi) is 7.50. The lowest BCUT2D eigenvalue weighted by Crippen LogP contribution is -2.24. The zero-order valence-corrected chi connectivity index (χ0v) is 22.6. The lowest BCUT2D eigenvalue weighted by molar-refractivity contribution is -0.117. The van der Waals surface area contributed by atoms with Crippen molar-refractivity contribution in [3.8, 4) is 11.5 Å². The molecule has 0 saturated carbocycles. The fourth-order valence-corrected chi connectivity index (χ4v) is 5.38. The van der Waals surface area contributed by atoms with E-state index in [0.717, 1.165) is 63.7 Å². The van der Waals surface area contributed by atoms with Gasteiger partial charge in [-0.15, -0.1) is 0 Å². The summed E-state index contributed by atoms with van der Waals surface area (Å²) < 4.78 is 13.9. The van der Waals surface area contributed by atoms with Crippen LogP contribution in [0.5, 0.6) is 11.5 Å². The average Bonchev–Trinajstić information content (AvgIpc) is 3.47. The molecule has 1 aliphatic heterocycles. The molecule has 0 aliphatic carbocycles. The van der Waals surface area contributed by atoms with Crippen molar-refractivity contribution in [1.82, 2.24) is 9.55 Å². The average molecular weight is 510 g/mol. The zero-order valence-electron chi connectivity index (χ0n) is 22.6. The molecule has 0 bridgehead atoms. The van der Waals surface area contributed by atoms with Gasteiger partial charge in [-0.2, -0.15) is 0 Å². The summed E-state index contributed by atoms with van der Waals surface area (Å²) in [4.78, 5) is 20.0. The molecule has 5 rings (SSSR count). The van der Waals surface area contributed by atoms with Crippen LogP contribution in [0.25, 0.3) is 17.1 Å². The number of hydrogen-bond acceptors (Lipinski definition) is 4. The third-order valence-corrected chi connectivity index (χ3v) is 7.02. The molecule has 0 radical (unpaired) electrons. The van der Waals surface area contributed by atoms with Crippen molar-refractivity contribution in [3.05, 3.63) is 89.3 Å². The number of anilines is 1. The van der Waals surface area contributed by atoms with Gasteiger partial charge in [-0.3, -0.25) is 4.79 Å². The van der Waals surface area contributed by atoms with Gasteiger partial charge in [0.05, 0.1) is 24.8 Å². The summed E-state index contributed by atoms with van der Waals surface area (Å²) in [6.45, 7) is 8.07. The number of carbonyl (C=O) groups is 1. The smallest absolute Gasteiger partial charge is 0.227 e. The summed E-state index contributed by atoms with van der Waals surface area (Å²) in [5, 5.41) is 0. The van der Waals surface area contributed by atoms with Crippen molar-refractivity contribution in [2.24, 2.45) is 0 Å². The Hall–Kier alpha value is -4.06. The van der Waals surface area contributed by atoms with E-state index in [2.05, 4.69) is 42.7 Å². The molecule has 196 valence electrons. The minimum atomic E-state index is 0.0379. The van der Waals surface area contributed by atoms with Crippen molar-refractivity contribution >= 4 is 28.7 Å². The van der Waals surface area contributed by atoms with E-state index in [1.165, 1.54) is 0 Å². The molecule has 1 aromatic heterocycles. The lowest BCUT2D eigenvalue weighted by Gasteiger charge is -2.19. The molecule has 1 unspecified atom stereocenters. The van der Waals surface area contributed by atoms with E-state index in [4.69, 9.17) is 14.5 Å². The van der Waals surface area contributed by atoms with E-state index in [1.54, 1.807) is 7.11 Å². The van der Waals surface area contributed by atoms with Crippen LogP contribution in [0, 0.1) is 13.8 Å². The largest absolute Gasteiger partial charge is 0.493 e. The Balaban J connectivity index is 1.33. The molecule has 38 heavy (non-hydrogen) atoms. The van der Waals surface area contributed by atoms with Gasteiger partial charge in [0.1, 0.15) is 5.82 Å². The number of imidazole rings is 1. The van der Waals surface area contributed by atoms with Gasteiger partial charge in [0.15, 0.2) is 11.5 Å². The van der Waals surface area contributed by atoms with Crippen molar-refractivity contribution in [3.63, 3.8) is 0 Å². The van der Waals surface area contributed by atoms with E-state index in [1.807, 2.05) is 60.4 Å². The second-order valence-electron chi connectivity index (χ2n) is 9.97. The Labute approximate surface area is 224 Å². The van der Waals surface area contributed by atoms with Gasteiger partial charge in [-0.05, 0) is 80.3 Å². The van der Waals surface area contributed by atoms with Crippen LogP contribution in [0.2, 0.25) is 0 Å². The predicted octanol–water partition coefficient (Wildman–Crippen LogP) is 6.68. The molecule has 1 aliphatic rings. The maximum Gasteiger partial charge on any atom is 0.227 e. The van der Waals surface area contributed by atoms with E-state index in [-0.39, 0.29) is 11.8 Å². The summed E-state index contributed by atoms with van der Waals surface area (Å²) in [6.07, 6.45) is 5.30. The number of benzene rings is 3. The van der Waals surface area contributed by atoms with Crippen molar-refractivity contribution < 1.29 is 14.3 Å². The first kappa shape index (κ1) is 25.6. The number of aryl methyl sites for hydroxylation is 3. The van der Waals surface area contributed by atoms with Gasteiger partial charge in [-0.1, -0.05) is 36.4 Å². The van der Waals surface area contributed by atoms with Gasteiger partial charge < -0.3 is 18.9 Å². The summed E-state index contributed by atoms with van der Waals surface area (Å²) in [5.74, 6) is 2.62. The summed E-state index contributed by atoms with van der Waals surface area (Å²) in [7, 11) is 1.66. The first-order valence-electron chi connectivity index (χ1n) is 13.2. The number of amides is 1. The first-order chi connectivity index (χ1) is 18.5. The summed E-state index contributed by atoms with van der Waals surface area (Å²) in [6, 6.07) is 20.5. The fourth-order valence-electron chi connectivity index (χ4n) is 5.38. The number of rotatable bonds is 9. The molecular formula is C32H35N3O3. The second kappa shape index (κ2) is 11.1. The third kappa shape index (κ3) is 5.30. The highest BCUT2D eigenvalue weighted by Crippen LogP contribution is 2.34. The highest BCUT2D eigenvalue weighted by atomic mass is 16.5. The number of allylic oxidation sites excluding steroid dienone is 1. The molecule has 0 spiro atoms. The van der Waals surface area contributed by atoms with Crippen LogP contribution in [-0.4, -0.2) is 35.7 Å². The molecule has 3 aromatic carbocycles. The quantitative estimate of drug-likeness (QED) is 0.236. The number of carbonyl (C=O) groups excluding carboxylic acids is 1. The molecule has 4 aromatic rings. The van der Waals surface area contributed by atoms with Crippen LogP contribution < -0.4 is 14.4 Å². The van der Waals surface area contributed by atoms with Crippen LogP contribution >= 0.6 is 0 Å². The second-order valence-corrected chi connectivity index (χ2v) is 9.97. The number of para-hydroxylation sites is 2. The first-order valence-corrected chi connectivity index (χ1v) is 13.2. The van der Waals surface area contributed by atoms with Crippen molar-refractivity contribution in [1.29, 1.82) is 0 Å². The molecule has 1 fully saturated rings. The molecule has 6 nitrogen and oxygen atoms in total. The fraction of sp³-hybridized carbons (Fsp3) is 0.312. The van der Waals surface area contributed by atoms with Gasteiger partial charge in [0, 0.05) is 31.1 Å². The van der Waals surface area contributed by atoms with E-state index in [0.29, 0.717) is 19.6 Å². The van der Waals surface area contributed by atoms with Crippen LogP contribution in [0.1, 0.15) is 48.2 Å². The van der Waals surface area contributed by atoms with E-state index >= 15 is 0 Å². The van der Waals surface area contributed by atoms with Crippen LogP contribution in [0.3, 0.4) is 0 Å². The van der Waals surface area contributed by atoms with Crippen LogP contribution in [0.15, 0.2) is 66.7 Å². The Bertz CT molecular complexity index is 1470. The topological polar surface area (TPSA) is 56.6 Å². The Morgan fingerprint density at radius 1 is 1.03 bits per heavy atom. The highest BCUT2D eigenvalue weighted by molar-refractivity contribution is 5.96. The number of ether oxygens (including phenoxy) is 2. The molecule has 6 heteroatoms. The number of nitrogens with zero attached hydrogens (tertiary/aromatic N) is 3. The van der Waals surface area contributed by atoms with Gasteiger partial charge >= 0.3 is 0 Å². The van der Waals surface area contributed by atoms with E-state index in [9.17, 15) is 4.79 Å². The molecular weight excluding hydrogens is 474 g/mol. The Morgan fingerprint density at radius 2 is 1.82 bits per heavy atom. The number of hydrogen-bond donors (Lipinski definition) is 0. The minimum absolute atomic E-state index is 0.0379. The third-order valence-electron chi connectivity index (χ3n) is 7.02. The molecule has 2 heterocycles. The van der Waals surface area contributed by atoms with Crippen molar-refractivity contribution in [2.75, 3.05) is 25.2 Å². The number of fused-ring (bicyclic) bond motifs is 1. The minimum Gasteiger partial charge on any atom is -0.493 e. The Morgan fingerprint density at radius 3 is 2.58 bits per heavy atom. The maximum atomic E-state index is 13.1. The molecule has 1 atom stereocenters. The standard InChI is InChI=1S/C32H35N3O3/c1-5-9-24-12-13-29(30(19-24)37-4)38-15-8-14-34-28-11-7-6-10-27(28)33-32(34)25-20-31(36)35(21-25)26-17-22(2)16-23(3)18-26/h5-7,9-13,16-19,25H,8,14-15,20-21H2,1-4H3/b9-5+. The van der Waals surface area contributed by atoms with Gasteiger partial charge in [0.2, 0.25) is 5.91 Å². The van der Waals surface area contributed by atoms with Gasteiger partial charge in [-0.25, -0.2) is 4.98 Å². The van der Waals surface area contributed by atoms with Crippen LogP contribution in [-0.2, 0) is 11.3 Å². The van der Waals surface area contributed by atoms with Crippen LogP contribution in [0.4, 0.5) is 5.69 Å². The highest BCUT2D eigenvalue weighted by Gasteiger charge is 2.35. The molecule has 1 amide bonds. The maximum absolute atomic E-state index is 13.1. The summed E-state index contributed by atoms with van der Waals surface area (Å²) in [5.41, 5.74) is 6.43. The van der Waals surface area contributed by atoms with E-state index < -0.39 is 0 Å². The normalized spacial score (nSPS) is 15.6. The number of methoxy groups -OCH3 is 1. The SMILES string of the molecule is C/C=C/c1ccc(OCCCn2c(C3CC(=O)N(c4cc(C)cc(C)c4)C3)nc3ccccc32)c(OC)c1. The van der Waals surface area contributed by atoms with Crippen molar-refractivity contribution in [2.45, 2.75) is 46.1 Å². The monoisotopic (exact) mass is 509 g/mol.